The number of amides is 1. The molecule has 0 aliphatic carbocycles. The molecule has 1 heterocycles. The number of hydrogen-bond acceptors (Lipinski definition) is 5. The summed E-state index contributed by atoms with van der Waals surface area (Å²) in [5.41, 5.74) is 3.26. The molecule has 0 spiro atoms. The standard InChI is InChI=1S/C25H30N2O4/c1-6-7-14-27-22(17-8-11-19(12-9-17)26(3)4)21(24(29)25(27)30)23(28)18-10-13-20(31-5)16(2)15-18/h8-13,15,22,28H,6-7,14H2,1-5H3/b23-21-. The van der Waals surface area contributed by atoms with E-state index in [0.717, 1.165) is 29.7 Å². The van der Waals surface area contributed by atoms with Crippen molar-refractivity contribution in [2.24, 2.45) is 0 Å². The largest absolute Gasteiger partial charge is 0.507 e. The maximum absolute atomic E-state index is 13.0. The van der Waals surface area contributed by atoms with E-state index in [1.807, 2.05) is 57.1 Å². The SMILES string of the molecule is CCCCN1C(=O)C(=O)/C(=C(\O)c2ccc(OC)c(C)c2)C1c1ccc(N(C)C)cc1. The summed E-state index contributed by atoms with van der Waals surface area (Å²) in [7, 11) is 5.49. The molecule has 1 N–H and O–H groups in total. The first kappa shape index (κ1) is 22.4. The molecule has 3 rings (SSSR count). The fourth-order valence-electron chi connectivity index (χ4n) is 3.92. The van der Waals surface area contributed by atoms with Crippen molar-refractivity contribution in [1.29, 1.82) is 0 Å². The van der Waals surface area contributed by atoms with Crippen molar-refractivity contribution in [3.8, 4) is 5.75 Å². The number of aliphatic hydroxyl groups is 1. The number of aliphatic hydroxyl groups excluding tert-OH is 1. The summed E-state index contributed by atoms with van der Waals surface area (Å²) in [6.45, 7) is 4.37. The van der Waals surface area contributed by atoms with E-state index in [2.05, 4.69) is 0 Å². The van der Waals surface area contributed by atoms with Gasteiger partial charge < -0.3 is 19.6 Å². The fourth-order valence-corrected chi connectivity index (χ4v) is 3.92. The van der Waals surface area contributed by atoms with E-state index in [4.69, 9.17) is 4.74 Å². The van der Waals surface area contributed by atoms with E-state index >= 15 is 0 Å². The van der Waals surface area contributed by atoms with Crippen molar-refractivity contribution < 1.29 is 19.4 Å². The van der Waals surface area contributed by atoms with Crippen molar-refractivity contribution in [2.45, 2.75) is 32.7 Å². The number of methoxy groups -OCH3 is 1. The highest BCUT2D eigenvalue weighted by Gasteiger charge is 2.45. The van der Waals surface area contributed by atoms with Gasteiger partial charge in [-0.25, -0.2) is 0 Å². The van der Waals surface area contributed by atoms with Gasteiger partial charge in [-0.1, -0.05) is 25.5 Å². The maximum Gasteiger partial charge on any atom is 0.295 e. The third-order valence-corrected chi connectivity index (χ3v) is 5.69. The molecule has 2 aromatic rings. The number of nitrogens with zero attached hydrogens (tertiary/aromatic N) is 2. The third kappa shape index (κ3) is 4.29. The first-order chi connectivity index (χ1) is 14.8. The Kier molecular flexibility index (Phi) is 6.68. The van der Waals surface area contributed by atoms with Crippen LogP contribution in [0.25, 0.3) is 5.76 Å². The number of benzene rings is 2. The lowest BCUT2D eigenvalue weighted by atomic mass is 9.94. The van der Waals surface area contributed by atoms with Crippen molar-refractivity contribution in [1.82, 2.24) is 4.90 Å². The first-order valence-corrected chi connectivity index (χ1v) is 10.5. The smallest absolute Gasteiger partial charge is 0.295 e. The summed E-state index contributed by atoms with van der Waals surface area (Å²) in [5, 5.41) is 11.1. The van der Waals surface area contributed by atoms with Crippen molar-refractivity contribution >= 4 is 23.1 Å². The van der Waals surface area contributed by atoms with Gasteiger partial charge in [0.05, 0.1) is 18.7 Å². The van der Waals surface area contributed by atoms with Gasteiger partial charge in [0.15, 0.2) is 0 Å². The van der Waals surface area contributed by atoms with E-state index in [1.165, 1.54) is 0 Å². The first-order valence-electron chi connectivity index (χ1n) is 10.5. The lowest BCUT2D eigenvalue weighted by Gasteiger charge is -2.26. The topological polar surface area (TPSA) is 70.1 Å². The Bertz CT molecular complexity index is 1010. The molecule has 164 valence electrons. The highest BCUT2D eigenvalue weighted by molar-refractivity contribution is 6.46. The van der Waals surface area contributed by atoms with Gasteiger partial charge in [0.25, 0.3) is 11.7 Å². The highest BCUT2D eigenvalue weighted by atomic mass is 16.5. The van der Waals surface area contributed by atoms with Crippen LogP contribution in [0.5, 0.6) is 5.75 Å². The summed E-state index contributed by atoms with van der Waals surface area (Å²) in [6, 6.07) is 12.3. The Hall–Kier alpha value is -3.28. The van der Waals surface area contributed by atoms with Gasteiger partial charge in [-0.05, 0) is 54.8 Å². The number of aryl methyl sites for hydroxylation is 1. The summed E-state index contributed by atoms with van der Waals surface area (Å²) in [4.78, 5) is 29.5. The molecule has 1 saturated heterocycles. The quantitative estimate of drug-likeness (QED) is 0.409. The second kappa shape index (κ2) is 9.25. The van der Waals surface area contributed by atoms with Crippen LogP contribution >= 0.6 is 0 Å². The monoisotopic (exact) mass is 422 g/mol. The number of Topliss-reactive ketones (excluding diaryl/α,β-unsaturated/α-hetero) is 1. The average Bonchev–Trinajstić information content (AvgIpc) is 3.01. The van der Waals surface area contributed by atoms with Crippen LogP contribution in [0.3, 0.4) is 0 Å². The molecule has 1 aliphatic heterocycles. The molecule has 1 atom stereocenters. The number of ether oxygens (including phenoxy) is 1. The lowest BCUT2D eigenvalue weighted by Crippen LogP contribution is -2.30. The zero-order chi connectivity index (χ0) is 22.7. The minimum atomic E-state index is -0.649. The van der Waals surface area contributed by atoms with Gasteiger partial charge in [0, 0.05) is 31.9 Å². The molecule has 2 aromatic carbocycles. The number of unbranched alkanes of at least 4 members (excludes halogenated alkanes) is 1. The normalized spacial score (nSPS) is 17.8. The molecule has 0 radical (unpaired) electrons. The molecular weight excluding hydrogens is 392 g/mol. The molecular formula is C25H30N2O4. The summed E-state index contributed by atoms with van der Waals surface area (Å²) in [6.07, 6.45) is 1.67. The van der Waals surface area contributed by atoms with E-state index < -0.39 is 17.7 Å². The van der Waals surface area contributed by atoms with E-state index in [9.17, 15) is 14.7 Å². The number of carbonyl (C=O) groups excluding carboxylic acids is 2. The zero-order valence-electron chi connectivity index (χ0n) is 18.8. The van der Waals surface area contributed by atoms with Crippen LogP contribution in [-0.2, 0) is 9.59 Å². The van der Waals surface area contributed by atoms with Crippen LogP contribution in [0.1, 0.15) is 42.5 Å². The Morgan fingerprint density at radius 3 is 2.35 bits per heavy atom. The van der Waals surface area contributed by atoms with Crippen molar-refractivity contribution in [2.75, 3.05) is 32.6 Å². The number of likely N-dealkylation sites (tertiary alicyclic amines) is 1. The summed E-state index contributed by atoms with van der Waals surface area (Å²) in [5.74, 6) is -0.689. The predicted octanol–water partition coefficient (Wildman–Crippen LogP) is 4.29. The minimum absolute atomic E-state index is 0.128. The third-order valence-electron chi connectivity index (χ3n) is 5.69. The molecule has 1 unspecified atom stereocenters. The van der Waals surface area contributed by atoms with Gasteiger partial charge in [0.1, 0.15) is 11.5 Å². The zero-order valence-corrected chi connectivity index (χ0v) is 18.8. The predicted molar refractivity (Wildman–Crippen MR) is 122 cm³/mol. The molecule has 1 amide bonds. The van der Waals surface area contributed by atoms with Crippen LogP contribution in [0, 0.1) is 6.92 Å². The number of ketones is 1. The molecule has 6 heteroatoms. The van der Waals surface area contributed by atoms with Crippen LogP contribution in [-0.4, -0.2) is 49.4 Å². The Morgan fingerprint density at radius 1 is 1.13 bits per heavy atom. The molecule has 1 aliphatic rings. The maximum atomic E-state index is 13.0. The van der Waals surface area contributed by atoms with Crippen LogP contribution in [0.15, 0.2) is 48.0 Å². The fraction of sp³-hybridized carbons (Fsp3) is 0.360. The van der Waals surface area contributed by atoms with Gasteiger partial charge >= 0.3 is 0 Å². The lowest BCUT2D eigenvalue weighted by molar-refractivity contribution is -0.139. The van der Waals surface area contributed by atoms with E-state index in [0.29, 0.717) is 17.9 Å². The molecule has 1 fully saturated rings. The van der Waals surface area contributed by atoms with Gasteiger partial charge in [-0.3, -0.25) is 9.59 Å². The average molecular weight is 423 g/mol. The molecule has 0 bridgehead atoms. The van der Waals surface area contributed by atoms with Gasteiger partial charge in [-0.2, -0.15) is 0 Å². The second-order valence-electron chi connectivity index (χ2n) is 8.02. The molecule has 31 heavy (non-hydrogen) atoms. The molecule has 0 saturated carbocycles. The summed E-state index contributed by atoms with van der Waals surface area (Å²) >= 11 is 0. The van der Waals surface area contributed by atoms with E-state index in [-0.39, 0.29) is 11.3 Å². The van der Waals surface area contributed by atoms with Crippen LogP contribution < -0.4 is 9.64 Å². The van der Waals surface area contributed by atoms with Crippen LogP contribution in [0.4, 0.5) is 5.69 Å². The van der Waals surface area contributed by atoms with Crippen molar-refractivity contribution in [3.05, 3.63) is 64.7 Å². The minimum Gasteiger partial charge on any atom is -0.507 e. The number of carbonyl (C=O) groups is 2. The highest BCUT2D eigenvalue weighted by Crippen LogP contribution is 2.40. The second-order valence-corrected chi connectivity index (χ2v) is 8.02. The Balaban J connectivity index is 2.14. The summed E-state index contributed by atoms with van der Waals surface area (Å²) < 4.78 is 5.29. The van der Waals surface area contributed by atoms with E-state index in [1.54, 1.807) is 30.2 Å². The molecule has 0 aromatic heterocycles. The van der Waals surface area contributed by atoms with Crippen molar-refractivity contribution in [3.63, 3.8) is 0 Å². The number of hydrogen-bond donors (Lipinski definition) is 1. The van der Waals surface area contributed by atoms with Crippen LogP contribution in [0.2, 0.25) is 0 Å². The number of rotatable bonds is 7. The Morgan fingerprint density at radius 2 is 1.81 bits per heavy atom. The number of anilines is 1. The molecule has 6 nitrogen and oxygen atoms in total. The van der Waals surface area contributed by atoms with Gasteiger partial charge in [-0.15, -0.1) is 0 Å². The van der Waals surface area contributed by atoms with Gasteiger partial charge in [0.2, 0.25) is 0 Å². The Labute approximate surface area is 183 Å².